The topological polar surface area (TPSA) is 78.9 Å². The van der Waals surface area contributed by atoms with Crippen molar-refractivity contribution in [2.45, 2.75) is 245 Å². The maximum atomic E-state index is 12.7. The van der Waals surface area contributed by atoms with Gasteiger partial charge in [-0.3, -0.25) is 14.4 Å². The minimum Gasteiger partial charge on any atom is -0.462 e. The molecule has 6 heteroatoms. The Morgan fingerprint density at radius 1 is 0.356 bits per heavy atom. The normalized spacial score (nSPS) is 12.5. The summed E-state index contributed by atoms with van der Waals surface area (Å²) in [5, 5.41) is 0. The van der Waals surface area contributed by atoms with Gasteiger partial charge in [0.05, 0.1) is 0 Å². The van der Waals surface area contributed by atoms with Crippen molar-refractivity contribution in [3.8, 4) is 0 Å². The summed E-state index contributed by atoms with van der Waals surface area (Å²) >= 11 is 0. The van der Waals surface area contributed by atoms with Gasteiger partial charge in [0.2, 0.25) is 0 Å². The van der Waals surface area contributed by atoms with Gasteiger partial charge in [0.25, 0.3) is 0 Å². The molecule has 0 aliphatic rings. The summed E-state index contributed by atoms with van der Waals surface area (Å²) in [6.07, 6.45) is 57.7. The Morgan fingerprint density at radius 3 is 1.05 bits per heavy atom. The van der Waals surface area contributed by atoms with Gasteiger partial charge in [0.1, 0.15) is 13.2 Å². The lowest BCUT2D eigenvalue weighted by Crippen LogP contribution is -2.30. The van der Waals surface area contributed by atoms with Crippen molar-refractivity contribution in [3.05, 3.63) is 60.8 Å². The summed E-state index contributed by atoms with van der Waals surface area (Å²) in [5.41, 5.74) is 0. The van der Waals surface area contributed by atoms with Gasteiger partial charge in [-0.05, 0) is 64.2 Å². The molecule has 0 aromatic rings. The zero-order valence-corrected chi connectivity index (χ0v) is 38.8. The summed E-state index contributed by atoms with van der Waals surface area (Å²) in [4.78, 5) is 37.9. The Labute approximate surface area is 364 Å². The van der Waals surface area contributed by atoms with Crippen molar-refractivity contribution in [2.24, 2.45) is 0 Å². The van der Waals surface area contributed by atoms with Crippen LogP contribution in [-0.4, -0.2) is 37.2 Å². The summed E-state index contributed by atoms with van der Waals surface area (Å²) in [7, 11) is 0. The predicted molar refractivity (Wildman–Crippen MR) is 251 cm³/mol. The fourth-order valence-corrected chi connectivity index (χ4v) is 6.84. The van der Waals surface area contributed by atoms with Gasteiger partial charge < -0.3 is 14.2 Å². The molecular weight excluding hydrogens is 733 g/mol. The summed E-state index contributed by atoms with van der Waals surface area (Å²) < 4.78 is 16.7. The molecule has 0 fully saturated rings. The van der Waals surface area contributed by atoms with Crippen LogP contribution >= 0.6 is 0 Å². The maximum absolute atomic E-state index is 12.7. The average Bonchev–Trinajstić information content (AvgIpc) is 3.23. The minimum atomic E-state index is -0.792. The van der Waals surface area contributed by atoms with E-state index in [2.05, 4.69) is 81.5 Å². The Kier molecular flexibility index (Phi) is 45.4. The lowest BCUT2D eigenvalue weighted by Gasteiger charge is -2.18. The molecule has 0 saturated carbocycles. The van der Waals surface area contributed by atoms with Crippen LogP contribution in [0.3, 0.4) is 0 Å². The zero-order chi connectivity index (χ0) is 43.0. The van der Waals surface area contributed by atoms with E-state index in [0.717, 1.165) is 96.3 Å². The molecule has 0 radical (unpaired) electrons. The van der Waals surface area contributed by atoms with Crippen LogP contribution in [0.15, 0.2) is 60.8 Å². The Balaban J connectivity index is 4.44. The standard InChI is InChI=1S/C53H92O6/c1-4-7-10-13-16-19-22-25-26-27-29-31-34-37-40-43-46-52(55)58-49-50(48-57-51(54)45-42-39-36-33-30-24-21-18-15-12-9-6-3)59-53(56)47-44-41-38-35-32-28-23-20-17-14-11-8-5-2/h8,11,14,17,20,23,26-27,29,31,50H,4-7,9-10,12-13,15-16,18-19,21-22,24-25,28,30,32-49H2,1-3H3/b11-8-,17-14-,23-20-,27-26-,31-29-. The molecule has 0 saturated heterocycles. The minimum absolute atomic E-state index is 0.0897. The van der Waals surface area contributed by atoms with Crippen LogP contribution in [0.4, 0.5) is 0 Å². The zero-order valence-electron chi connectivity index (χ0n) is 38.8. The van der Waals surface area contributed by atoms with E-state index in [-0.39, 0.29) is 31.1 Å². The Hall–Kier alpha value is -2.89. The van der Waals surface area contributed by atoms with Crippen molar-refractivity contribution in [1.82, 2.24) is 0 Å². The number of allylic oxidation sites excluding steroid dienone is 10. The highest BCUT2D eigenvalue weighted by atomic mass is 16.6. The molecular formula is C53H92O6. The summed E-state index contributed by atoms with van der Waals surface area (Å²) in [5.74, 6) is -0.936. The van der Waals surface area contributed by atoms with E-state index >= 15 is 0 Å². The maximum Gasteiger partial charge on any atom is 0.306 e. The van der Waals surface area contributed by atoms with Crippen molar-refractivity contribution in [3.63, 3.8) is 0 Å². The fourth-order valence-electron chi connectivity index (χ4n) is 6.84. The molecule has 59 heavy (non-hydrogen) atoms. The second-order valence-corrected chi connectivity index (χ2v) is 16.4. The molecule has 0 aromatic carbocycles. The highest BCUT2D eigenvalue weighted by Crippen LogP contribution is 2.14. The second-order valence-electron chi connectivity index (χ2n) is 16.4. The van der Waals surface area contributed by atoms with E-state index in [1.165, 1.54) is 103 Å². The van der Waals surface area contributed by atoms with E-state index in [0.29, 0.717) is 19.3 Å². The van der Waals surface area contributed by atoms with Crippen LogP contribution in [-0.2, 0) is 28.6 Å². The van der Waals surface area contributed by atoms with Gasteiger partial charge >= 0.3 is 17.9 Å². The van der Waals surface area contributed by atoms with E-state index in [4.69, 9.17) is 14.2 Å². The Morgan fingerprint density at radius 2 is 0.661 bits per heavy atom. The van der Waals surface area contributed by atoms with Gasteiger partial charge in [-0.25, -0.2) is 0 Å². The van der Waals surface area contributed by atoms with E-state index in [1.54, 1.807) is 0 Å². The molecule has 0 N–H and O–H groups in total. The monoisotopic (exact) mass is 825 g/mol. The third-order valence-electron chi connectivity index (χ3n) is 10.6. The van der Waals surface area contributed by atoms with E-state index in [9.17, 15) is 14.4 Å². The first-order chi connectivity index (χ1) is 29.0. The van der Waals surface area contributed by atoms with Crippen molar-refractivity contribution in [2.75, 3.05) is 13.2 Å². The largest absolute Gasteiger partial charge is 0.462 e. The highest BCUT2D eigenvalue weighted by molar-refractivity contribution is 5.71. The molecule has 0 bridgehead atoms. The highest BCUT2D eigenvalue weighted by Gasteiger charge is 2.19. The molecule has 0 aliphatic heterocycles. The number of carbonyl (C=O) groups excluding carboxylic acids is 3. The van der Waals surface area contributed by atoms with Crippen LogP contribution in [0.5, 0.6) is 0 Å². The number of hydrogen-bond donors (Lipinski definition) is 0. The van der Waals surface area contributed by atoms with Gasteiger partial charge in [0, 0.05) is 19.3 Å². The number of rotatable bonds is 44. The summed E-state index contributed by atoms with van der Waals surface area (Å²) in [6, 6.07) is 0. The molecule has 6 nitrogen and oxygen atoms in total. The van der Waals surface area contributed by atoms with Crippen molar-refractivity contribution in [1.29, 1.82) is 0 Å². The number of carbonyl (C=O) groups is 3. The number of esters is 3. The second kappa shape index (κ2) is 47.8. The van der Waals surface area contributed by atoms with Crippen LogP contribution < -0.4 is 0 Å². The smallest absolute Gasteiger partial charge is 0.306 e. The van der Waals surface area contributed by atoms with Crippen LogP contribution in [0, 0.1) is 0 Å². The van der Waals surface area contributed by atoms with Crippen molar-refractivity contribution >= 4 is 17.9 Å². The van der Waals surface area contributed by atoms with Gasteiger partial charge in [-0.1, -0.05) is 216 Å². The molecule has 1 atom stereocenters. The average molecular weight is 825 g/mol. The molecule has 0 spiro atoms. The van der Waals surface area contributed by atoms with Crippen LogP contribution in [0.25, 0.3) is 0 Å². The first kappa shape index (κ1) is 56.1. The number of unbranched alkanes of at least 4 members (excludes halogenated alkanes) is 26. The lowest BCUT2D eigenvalue weighted by atomic mass is 10.0. The molecule has 0 aliphatic carbocycles. The molecule has 0 rings (SSSR count). The lowest BCUT2D eigenvalue weighted by molar-refractivity contribution is -0.167. The quantitative estimate of drug-likeness (QED) is 0.0263. The van der Waals surface area contributed by atoms with E-state index < -0.39 is 6.10 Å². The number of hydrogen-bond acceptors (Lipinski definition) is 6. The SMILES string of the molecule is CC\C=C/C=C\C=C/CCCCCCCC(=O)OC(COC(=O)CCCCC/C=C\C=C/CCCCCCCCC)COC(=O)CCCCCCCCCCCCCC. The third-order valence-corrected chi connectivity index (χ3v) is 10.6. The van der Waals surface area contributed by atoms with Crippen LogP contribution in [0.1, 0.15) is 239 Å². The first-order valence-electron chi connectivity index (χ1n) is 24.8. The molecule has 340 valence electrons. The molecule has 0 aromatic heterocycles. The fraction of sp³-hybridized carbons (Fsp3) is 0.755. The predicted octanol–water partition coefficient (Wildman–Crippen LogP) is 16.1. The first-order valence-corrected chi connectivity index (χ1v) is 24.8. The van der Waals surface area contributed by atoms with Gasteiger partial charge in [-0.2, -0.15) is 0 Å². The number of ether oxygens (including phenoxy) is 3. The van der Waals surface area contributed by atoms with Gasteiger partial charge in [0.15, 0.2) is 6.10 Å². The van der Waals surface area contributed by atoms with Crippen molar-refractivity contribution < 1.29 is 28.6 Å². The molecule has 1 unspecified atom stereocenters. The third kappa shape index (κ3) is 46.0. The van der Waals surface area contributed by atoms with E-state index in [1.807, 2.05) is 0 Å². The Bertz CT molecular complexity index is 1090. The summed E-state index contributed by atoms with van der Waals surface area (Å²) in [6.45, 7) is 6.46. The molecule has 0 amide bonds. The van der Waals surface area contributed by atoms with Gasteiger partial charge in [-0.15, -0.1) is 0 Å². The van der Waals surface area contributed by atoms with Crippen LogP contribution in [0.2, 0.25) is 0 Å². The molecule has 0 heterocycles.